The summed E-state index contributed by atoms with van der Waals surface area (Å²) < 4.78 is 5.88. The van der Waals surface area contributed by atoms with Gasteiger partial charge in [-0.25, -0.2) is 0 Å². The Bertz CT molecular complexity index is 477. The molecule has 0 saturated heterocycles. The number of allylic oxidation sites excluding steroid dienone is 2. The first-order chi connectivity index (χ1) is 7.83. The van der Waals surface area contributed by atoms with Crippen LogP contribution in [0.4, 0.5) is 0 Å². The fourth-order valence-corrected chi connectivity index (χ4v) is 2.09. The third-order valence-electron chi connectivity index (χ3n) is 2.93. The van der Waals surface area contributed by atoms with Gasteiger partial charge in [0.15, 0.2) is 5.76 Å². The molecule has 1 aromatic rings. The van der Waals surface area contributed by atoms with Crippen LogP contribution in [0.5, 0.6) is 5.75 Å². The van der Waals surface area contributed by atoms with Gasteiger partial charge in [-0.2, -0.15) is 0 Å². The minimum absolute atomic E-state index is 0.156. The van der Waals surface area contributed by atoms with Crippen molar-refractivity contribution in [3.8, 4) is 5.75 Å². The van der Waals surface area contributed by atoms with E-state index < -0.39 is 0 Å². The number of nitrogens with zero attached hydrogens (tertiary/aromatic N) is 1. The number of rotatable bonds is 0. The number of hydrogen-bond acceptors (Lipinski definition) is 3. The molecule has 0 spiro atoms. The van der Waals surface area contributed by atoms with Gasteiger partial charge < -0.3 is 10.1 Å². The summed E-state index contributed by atoms with van der Waals surface area (Å²) in [5.74, 6) is 1.82. The molecule has 1 atom stereocenters. The number of nitrogens with one attached hydrogen (secondary N) is 1. The van der Waals surface area contributed by atoms with Crippen molar-refractivity contribution in [2.45, 2.75) is 25.9 Å². The number of hydrogen-bond donors (Lipinski definition) is 1. The molecular formula is C13H14N2O. The molecule has 3 rings (SSSR count). The van der Waals surface area contributed by atoms with Gasteiger partial charge in [0.05, 0.1) is 11.9 Å². The number of fused-ring (bicyclic) bond motifs is 1. The van der Waals surface area contributed by atoms with Crippen molar-refractivity contribution in [1.82, 2.24) is 5.32 Å². The average molecular weight is 214 g/mol. The third kappa shape index (κ3) is 1.58. The Morgan fingerprint density at radius 3 is 3.12 bits per heavy atom. The van der Waals surface area contributed by atoms with Gasteiger partial charge in [-0.05, 0) is 31.4 Å². The summed E-state index contributed by atoms with van der Waals surface area (Å²) in [4.78, 5) is 4.31. The van der Waals surface area contributed by atoms with Crippen LogP contribution in [0.2, 0.25) is 0 Å². The van der Waals surface area contributed by atoms with Crippen LogP contribution in [-0.2, 0) is 6.42 Å². The highest BCUT2D eigenvalue weighted by Crippen LogP contribution is 2.28. The van der Waals surface area contributed by atoms with E-state index in [9.17, 15) is 0 Å². The van der Waals surface area contributed by atoms with Crippen LogP contribution >= 0.6 is 0 Å². The van der Waals surface area contributed by atoms with Crippen LogP contribution in [0, 0.1) is 0 Å². The first-order valence-corrected chi connectivity index (χ1v) is 5.61. The molecule has 0 bridgehead atoms. The van der Waals surface area contributed by atoms with Crippen molar-refractivity contribution in [2.24, 2.45) is 4.99 Å². The van der Waals surface area contributed by atoms with Gasteiger partial charge in [0.25, 0.3) is 0 Å². The van der Waals surface area contributed by atoms with Gasteiger partial charge in [-0.1, -0.05) is 18.2 Å². The van der Waals surface area contributed by atoms with Crippen molar-refractivity contribution in [1.29, 1.82) is 0 Å². The zero-order valence-electron chi connectivity index (χ0n) is 9.23. The summed E-state index contributed by atoms with van der Waals surface area (Å²) in [6.07, 6.45) is 3.99. The normalized spacial score (nSPS) is 22.7. The number of benzene rings is 1. The van der Waals surface area contributed by atoms with Crippen molar-refractivity contribution in [3.05, 3.63) is 41.3 Å². The molecule has 1 N–H and O–H groups in total. The first-order valence-electron chi connectivity index (χ1n) is 5.61. The number of aliphatic imine (C=N–C) groups is 1. The number of ether oxygens (including phenoxy) is 1. The summed E-state index contributed by atoms with van der Waals surface area (Å²) >= 11 is 0. The molecule has 0 aliphatic carbocycles. The standard InChI is InChI=1S/C13H14N2O/c1-9-14-8-13-11(15-9)7-6-10-4-2-3-5-12(10)16-13/h2-5,8-9,15H,6-7H2,1H3. The lowest BCUT2D eigenvalue weighted by atomic mass is 10.1. The maximum Gasteiger partial charge on any atom is 0.164 e. The van der Waals surface area contributed by atoms with Crippen molar-refractivity contribution in [3.63, 3.8) is 0 Å². The van der Waals surface area contributed by atoms with E-state index in [2.05, 4.69) is 22.4 Å². The molecule has 3 heteroatoms. The Morgan fingerprint density at radius 2 is 2.19 bits per heavy atom. The van der Waals surface area contributed by atoms with Gasteiger partial charge in [-0.15, -0.1) is 0 Å². The van der Waals surface area contributed by atoms with E-state index in [1.165, 1.54) is 11.3 Å². The minimum Gasteiger partial charge on any atom is -0.454 e. The Labute approximate surface area is 94.8 Å². The van der Waals surface area contributed by atoms with Crippen LogP contribution in [-0.4, -0.2) is 12.4 Å². The monoisotopic (exact) mass is 214 g/mol. The molecule has 2 aliphatic rings. The Kier molecular flexibility index (Phi) is 2.17. The second-order valence-corrected chi connectivity index (χ2v) is 4.15. The third-order valence-corrected chi connectivity index (χ3v) is 2.93. The highest BCUT2D eigenvalue weighted by Gasteiger charge is 2.19. The molecular weight excluding hydrogens is 200 g/mol. The Balaban J connectivity index is 1.97. The predicted octanol–water partition coefficient (Wildman–Crippen LogP) is 2.24. The van der Waals surface area contributed by atoms with Gasteiger partial charge in [0.1, 0.15) is 11.9 Å². The van der Waals surface area contributed by atoms with E-state index in [4.69, 9.17) is 4.74 Å². The van der Waals surface area contributed by atoms with Crippen LogP contribution in [0.3, 0.4) is 0 Å². The lowest BCUT2D eigenvalue weighted by molar-refractivity contribution is 0.434. The summed E-state index contributed by atoms with van der Waals surface area (Å²) in [6.45, 7) is 2.04. The molecule has 0 saturated carbocycles. The molecule has 2 aliphatic heterocycles. The Hall–Kier alpha value is -1.77. The van der Waals surface area contributed by atoms with Gasteiger partial charge in [0.2, 0.25) is 0 Å². The SMILES string of the molecule is CC1N=CC2=C(CCc3ccccc3O2)N1. The predicted molar refractivity (Wildman–Crippen MR) is 63.5 cm³/mol. The quantitative estimate of drug-likeness (QED) is 0.718. The van der Waals surface area contributed by atoms with E-state index >= 15 is 0 Å². The number of aryl methyl sites for hydroxylation is 1. The van der Waals surface area contributed by atoms with Crippen molar-refractivity contribution in [2.75, 3.05) is 0 Å². The Morgan fingerprint density at radius 1 is 1.31 bits per heavy atom. The topological polar surface area (TPSA) is 33.6 Å². The molecule has 0 amide bonds. The van der Waals surface area contributed by atoms with Gasteiger partial charge in [-0.3, -0.25) is 4.99 Å². The molecule has 3 nitrogen and oxygen atoms in total. The minimum atomic E-state index is 0.156. The van der Waals surface area contributed by atoms with Crippen molar-refractivity contribution >= 4 is 6.21 Å². The highest BCUT2D eigenvalue weighted by atomic mass is 16.5. The molecule has 0 radical (unpaired) electrons. The van der Waals surface area contributed by atoms with Gasteiger partial charge >= 0.3 is 0 Å². The molecule has 2 heterocycles. The molecule has 0 aromatic heterocycles. The van der Waals surface area contributed by atoms with Gasteiger partial charge in [0, 0.05) is 0 Å². The van der Waals surface area contributed by atoms with E-state index in [0.717, 1.165) is 24.4 Å². The van der Waals surface area contributed by atoms with Crippen LogP contribution in [0.25, 0.3) is 0 Å². The molecule has 1 unspecified atom stereocenters. The van der Waals surface area contributed by atoms with Crippen molar-refractivity contribution < 1.29 is 4.74 Å². The molecule has 0 fully saturated rings. The second kappa shape index (κ2) is 3.67. The summed E-state index contributed by atoms with van der Waals surface area (Å²) in [5.41, 5.74) is 2.43. The molecule has 16 heavy (non-hydrogen) atoms. The zero-order chi connectivity index (χ0) is 11.0. The van der Waals surface area contributed by atoms with E-state index in [1.807, 2.05) is 25.3 Å². The van der Waals surface area contributed by atoms with E-state index in [-0.39, 0.29) is 6.17 Å². The lowest BCUT2D eigenvalue weighted by Gasteiger charge is -2.19. The fourth-order valence-electron chi connectivity index (χ4n) is 2.09. The van der Waals surface area contributed by atoms with E-state index in [1.54, 1.807) is 0 Å². The zero-order valence-corrected chi connectivity index (χ0v) is 9.23. The maximum absolute atomic E-state index is 5.88. The summed E-state index contributed by atoms with van der Waals surface area (Å²) in [5, 5.41) is 3.35. The smallest absolute Gasteiger partial charge is 0.164 e. The number of para-hydroxylation sites is 1. The average Bonchev–Trinajstić information content (AvgIpc) is 2.48. The van der Waals surface area contributed by atoms with Crippen LogP contribution < -0.4 is 10.1 Å². The largest absolute Gasteiger partial charge is 0.454 e. The maximum atomic E-state index is 5.88. The molecule has 82 valence electrons. The second-order valence-electron chi connectivity index (χ2n) is 4.15. The van der Waals surface area contributed by atoms with Crippen LogP contribution in [0.15, 0.2) is 40.7 Å². The van der Waals surface area contributed by atoms with E-state index in [0.29, 0.717) is 0 Å². The van der Waals surface area contributed by atoms with Crippen LogP contribution in [0.1, 0.15) is 18.9 Å². The summed E-state index contributed by atoms with van der Waals surface area (Å²) in [7, 11) is 0. The highest BCUT2D eigenvalue weighted by molar-refractivity contribution is 5.79. The molecule has 1 aromatic carbocycles. The summed E-state index contributed by atoms with van der Waals surface area (Å²) in [6, 6.07) is 8.18. The first kappa shape index (κ1) is 9.46. The fraction of sp³-hybridized carbons (Fsp3) is 0.308. The lowest BCUT2D eigenvalue weighted by Crippen LogP contribution is -2.29.